The summed E-state index contributed by atoms with van der Waals surface area (Å²) in [5.74, 6) is 0. The molecule has 0 aliphatic carbocycles. The fraction of sp³-hybridized carbons (Fsp3) is 0.130. The van der Waals surface area contributed by atoms with E-state index < -0.39 is 0 Å². The first-order chi connectivity index (χ1) is 12.4. The van der Waals surface area contributed by atoms with Gasteiger partial charge in [0.15, 0.2) is 0 Å². The van der Waals surface area contributed by atoms with Gasteiger partial charge in [-0.25, -0.2) is 0 Å². The molecule has 0 N–H and O–H groups in total. The van der Waals surface area contributed by atoms with Crippen LogP contribution < -0.4 is 0 Å². The van der Waals surface area contributed by atoms with Gasteiger partial charge in [-0.05, 0) is 16.7 Å². The van der Waals surface area contributed by atoms with Crippen LogP contribution in [0, 0.1) is 0 Å². The molecule has 2 heteroatoms. The van der Waals surface area contributed by atoms with Crippen LogP contribution in [0.25, 0.3) is 5.70 Å². The molecule has 2 nitrogen and oxygen atoms in total. The molecule has 0 amide bonds. The van der Waals surface area contributed by atoms with Crippen molar-refractivity contribution in [3.63, 3.8) is 0 Å². The van der Waals surface area contributed by atoms with Crippen LogP contribution in [0.2, 0.25) is 0 Å². The normalized spacial score (nSPS) is 13.8. The van der Waals surface area contributed by atoms with Crippen molar-refractivity contribution >= 4 is 5.70 Å². The Morgan fingerprint density at radius 3 is 1.72 bits per heavy atom. The summed E-state index contributed by atoms with van der Waals surface area (Å²) in [6, 6.07) is 32.0. The highest BCUT2D eigenvalue weighted by atomic mass is 15.4. The maximum Gasteiger partial charge on any atom is 0.0906 e. The predicted octanol–water partition coefficient (Wildman–Crippen LogP) is 4.96. The van der Waals surface area contributed by atoms with E-state index in [0.717, 1.165) is 19.8 Å². The lowest BCUT2D eigenvalue weighted by molar-refractivity contribution is 0.261. The topological polar surface area (TPSA) is 6.48 Å². The molecule has 4 rings (SSSR count). The molecule has 1 aliphatic rings. The average Bonchev–Trinajstić information content (AvgIpc) is 3.06. The molecule has 1 heterocycles. The molecule has 3 aromatic carbocycles. The Kier molecular flexibility index (Phi) is 4.51. The second-order valence-electron chi connectivity index (χ2n) is 6.44. The zero-order chi connectivity index (χ0) is 16.9. The van der Waals surface area contributed by atoms with Crippen molar-refractivity contribution in [3.05, 3.63) is 114 Å². The monoisotopic (exact) mass is 326 g/mol. The summed E-state index contributed by atoms with van der Waals surface area (Å²) in [6.07, 6.45) is 2.30. The lowest BCUT2D eigenvalue weighted by atomic mass is 10.1. The molecule has 25 heavy (non-hydrogen) atoms. The summed E-state index contributed by atoms with van der Waals surface area (Å²) in [4.78, 5) is 4.84. The Bertz CT molecular complexity index is 826. The van der Waals surface area contributed by atoms with E-state index in [1.807, 2.05) is 0 Å². The van der Waals surface area contributed by atoms with E-state index in [4.69, 9.17) is 0 Å². The van der Waals surface area contributed by atoms with Gasteiger partial charge in [0.1, 0.15) is 0 Å². The lowest BCUT2D eigenvalue weighted by Gasteiger charge is -2.24. The molecule has 0 bridgehead atoms. The summed E-state index contributed by atoms with van der Waals surface area (Å²) in [5, 5.41) is 0. The maximum absolute atomic E-state index is 2.45. The second-order valence-corrected chi connectivity index (χ2v) is 6.44. The van der Waals surface area contributed by atoms with Crippen LogP contribution in [0.4, 0.5) is 0 Å². The molecule has 0 saturated heterocycles. The summed E-state index contributed by atoms with van der Waals surface area (Å²) in [7, 11) is 0. The highest BCUT2D eigenvalue weighted by Gasteiger charge is 2.22. The third-order valence-corrected chi connectivity index (χ3v) is 4.51. The van der Waals surface area contributed by atoms with Crippen molar-refractivity contribution in [2.75, 3.05) is 6.67 Å². The van der Waals surface area contributed by atoms with E-state index in [0.29, 0.717) is 0 Å². The highest BCUT2D eigenvalue weighted by Crippen LogP contribution is 2.28. The molecule has 1 aliphatic heterocycles. The van der Waals surface area contributed by atoms with E-state index in [-0.39, 0.29) is 0 Å². The van der Waals surface area contributed by atoms with Gasteiger partial charge in [-0.2, -0.15) is 0 Å². The van der Waals surface area contributed by atoms with Crippen LogP contribution in [0.3, 0.4) is 0 Å². The van der Waals surface area contributed by atoms with Gasteiger partial charge in [-0.3, -0.25) is 0 Å². The fourth-order valence-corrected chi connectivity index (χ4v) is 3.31. The molecule has 0 radical (unpaired) electrons. The van der Waals surface area contributed by atoms with Gasteiger partial charge in [-0.1, -0.05) is 91.0 Å². The average molecular weight is 326 g/mol. The molecule has 124 valence electrons. The van der Waals surface area contributed by atoms with Crippen LogP contribution in [-0.4, -0.2) is 16.5 Å². The molecular weight excluding hydrogens is 304 g/mol. The first-order valence-corrected chi connectivity index (χ1v) is 8.72. The number of hydrogen-bond donors (Lipinski definition) is 0. The minimum Gasteiger partial charge on any atom is -0.354 e. The first kappa shape index (κ1) is 15.5. The number of rotatable bonds is 5. The van der Waals surface area contributed by atoms with Crippen molar-refractivity contribution in [1.29, 1.82) is 0 Å². The third kappa shape index (κ3) is 3.74. The smallest absolute Gasteiger partial charge is 0.0906 e. The standard InChI is InChI=1S/C23H22N2/c1-4-10-20(11-5-1)16-24-18-23(22-14-8-3-9-15-22)25(19-24)17-21-12-6-2-7-13-21/h1-15,18H,16-17,19H2. The van der Waals surface area contributed by atoms with Crippen molar-refractivity contribution in [2.45, 2.75) is 13.1 Å². The molecule has 0 saturated carbocycles. The molecular formula is C23H22N2. The van der Waals surface area contributed by atoms with Gasteiger partial charge >= 0.3 is 0 Å². The van der Waals surface area contributed by atoms with Crippen molar-refractivity contribution in [1.82, 2.24) is 9.80 Å². The van der Waals surface area contributed by atoms with E-state index >= 15 is 0 Å². The molecule has 0 spiro atoms. The molecule has 0 aromatic heterocycles. The van der Waals surface area contributed by atoms with Gasteiger partial charge in [0.25, 0.3) is 0 Å². The van der Waals surface area contributed by atoms with Crippen LogP contribution in [0.5, 0.6) is 0 Å². The summed E-state index contributed by atoms with van der Waals surface area (Å²) < 4.78 is 0. The minimum atomic E-state index is 0.911. The molecule has 0 fully saturated rings. The largest absolute Gasteiger partial charge is 0.354 e. The van der Waals surface area contributed by atoms with Gasteiger partial charge in [0.2, 0.25) is 0 Å². The fourth-order valence-electron chi connectivity index (χ4n) is 3.31. The van der Waals surface area contributed by atoms with Crippen LogP contribution in [-0.2, 0) is 13.1 Å². The summed E-state index contributed by atoms with van der Waals surface area (Å²) in [5.41, 5.74) is 5.24. The molecule has 0 atom stereocenters. The van der Waals surface area contributed by atoms with Gasteiger partial charge in [-0.15, -0.1) is 0 Å². The van der Waals surface area contributed by atoms with Crippen molar-refractivity contribution in [2.24, 2.45) is 0 Å². The van der Waals surface area contributed by atoms with Crippen molar-refractivity contribution in [3.8, 4) is 0 Å². The van der Waals surface area contributed by atoms with Gasteiger partial charge in [0.05, 0.1) is 12.4 Å². The number of benzene rings is 3. The minimum absolute atomic E-state index is 0.911. The van der Waals surface area contributed by atoms with Crippen LogP contribution >= 0.6 is 0 Å². The molecule has 3 aromatic rings. The van der Waals surface area contributed by atoms with Crippen LogP contribution in [0.1, 0.15) is 16.7 Å². The Labute approximate surface area is 149 Å². The third-order valence-electron chi connectivity index (χ3n) is 4.51. The number of nitrogens with zero attached hydrogens (tertiary/aromatic N) is 2. The van der Waals surface area contributed by atoms with E-state index in [1.54, 1.807) is 0 Å². The first-order valence-electron chi connectivity index (χ1n) is 8.72. The Morgan fingerprint density at radius 1 is 0.600 bits per heavy atom. The quantitative estimate of drug-likeness (QED) is 0.654. The number of hydrogen-bond acceptors (Lipinski definition) is 2. The van der Waals surface area contributed by atoms with Gasteiger partial charge in [0, 0.05) is 19.3 Å². The van der Waals surface area contributed by atoms with Crippen molar-refractivity contribution < 1.29 is 0 Å². The Balaban J connectivity index is 1.58. The second kappa shape index (κ2) is 7.27. The van der Waals surface area contributed by atoms with E-state index in [9.17, 15) is 0 Å². The molecule has 0 unspecified atom stereocenters. The Morgan fingerprint density at radius 2 is 1.12 bits per heavy atom. The zero-order valence-electron chi connectivity index (χ0n) is 14.3. The Hall–Kier alpha value is -3.00. The highest BCUT2D eigenvalue weighted by molar-refractivity contribution is 5.65. The maximum atomic E-state index is 2.45. The van der Waals surface area contributed by atoms with Gasteiger partial charge < -0.3 is 9.80 Å². The van der Waals surface area contributed by atoms with E-state index in [2.05, 4.69) is 107 Å². The van der Waals surface area contributed by atoms with Crippen LogP contribution in [0.15, 0.2) is 97.2 Å². The summed E-state index contributed by atoms with van der Waals surface area (Å²) in [6.45, 7) is 2.77. The lowest BCUT2D eigenvalue weighted by Crippen LogP contribution is -2.26. The predicted molar refractivity (Wildman–Crippen MR) is 103 cm³/mol. The zero-order valence-corrected chi connectivity index (χ0v) is 14.3. The SMILES string of the molecule is C1=C(c2ccccc2)N(Cc2ccccc2)CN1Cc1ccccc1. The summed E-state index contributed by atoms with van der Waals surface area (Å²) >= 11 is 0. The van der Waals surface area contributed by atoms with E-state index in [1.165, 1.54) is 22.4 Å².